The second-order valence-electron chi connectivity index (χ2n) is 12.1. The van der Waals surface area contributed by atoms with Crippen molar-refractivity contribution in [3.63, 3.8) is 0 Å². The number of amides is 3. The van der Waals surface area contributed by atoms with Crippen LogP contribution in [0, 0.1) is 5.92 Å². The van der Waals surface area contributed by atoms with Crippen LogP contribution in [0.2, 0.25) is 0 Å². The van der Waals surface area contributed by atoms with Gasteiger partial charge in [-0.15, -0.1) is 0 Å². The van der Waals surface area contributed by atoms with Gasteiger partial charge in [-0.2, -0.15) is 0 Å². The number of aromatic nitrogens is 2. The number of ether oxygens (including phenoxy) is 1. The molecule has 250 valence electrons. The van der Waals surface area contributed by atoms with Crippen LogP contribution in [0.15, 0.2) is 67.1 Å². The molecule has 1 heterocycles. The molecule has 0 saturated heterocycles. The van der Waals surface area contributed by atoms with Crippen molar-refractivity contribution in [1.29, 1.82) is 0 Å². The molecule has 0 radical (unpaired) electrons. The smallest absolute Gasteiger partial charge is 0.237 e. The highest BCUT2D eigenvalue weighted by molar-refractivity contribution is 5.82. The molecule has 11 heteroatoms. The molecule has 0 fully saturated rings. The van der Waals surface area contributed by atoms with Crippen molar-refractivity contribution in [2.24, 2.45) is 11.7 Å². The minimum absolute atomic E-state index is 0.0151. The van der Waals surface area contributed by atoms with Gasteiger partial charge in [0.05, 0.1) is 43.7 Å². The largest absolute Gasteiger partial charge is 0.497 e. The number of carbonyl (C=O) groups excluding carboxylic acids is 3. The number of unbranched alkanes of at least 4 members (excludes halogenated alkanes) is 2. The van der Waals surface area contributed by atoms with E-state index in [1.165, 1.54) is 0 Å². The highest BCUT2D eigenvalue weighted by Crippen LogP contribution is 2.13. The van der Waals surface area contributed by atoms with Crippen LogP contribution in [-0.4, -0.2) is 64.2 Å². The van der Waals surface area contributed by atoms with E-state index in [1.807, 2.05) is 79.2 Å². The number of rotatable bonds is 20. The lowest BCUT2D eigenvalue weighted by atomic mass is 9.96. The predicted octanol–water partition coefficient (Wildman–Crippen LogP) is 3.08. The molecule has 0 unspecified atom stereocenters. The number of nitrogens with one attached hydrogen (secondary N) is 3. The number of nitrogens with two attached hydrogens (primary N) is 1. The second-order valence-corrected chi connectivity index (χ2v) is 12.1. The number of methoxy groups -OCH3 is 1. The van der Waals surface area contributed by atoms with Crippen LogP contribution in [-0.2, 0) is 33.9 Å². The second kappa shape index (κ2) is 19.3. The maximum Gasteiger partial charge on any atom is 0.237 e. The number of aliphatic hydroxyl groups is 1. The van der Waals surface area contributed by atoms with Crippen LogP contribution in [0.3, 0.4) is 0 Å². The lowest BCUT2D eigenvalue weighted by Crippen LogP contribution is -2.51. The van der Waals surface area contributed by atoms with Gasteiger partial charge in [-0.3, -0.25) is 14.4 Å². The molecule has 0 aliphatic rings. The summed E-state index contributed by atoms with van der Waals surface area (Å²) < 4.78 is 7.09. The number of carbonyl (C=O) groups is 3. The average molecular weight is 635 g/mol. The third-order valence-corrected chi connectivity index (χ3v) is 7.62. The molecule has 1 aromatic heterocycles. The molecule has 3 rings (SSSR count). The summed E-state index contributed by atoms with van der Waals surface area (Å²) in [5, 5.41) is 19.5. The van der Waals surface area contributed by atoms with E-state index >= 15 is 0 Å². The molecular formula is C35H50N6O5. The fourth-order valence-electron chi connectivity index (χ4n) is 5.07. The fourth-order valence-corrected chi connectivity index (χ4v) is 5.07. The molecule has 46 heavy (non-hydrogen) atoms. The van der Waals surface area contributed by atoms with Crippen molar-refractivity contribution in [3.8, 4) is 5.75 Å². The summed E-state index contributed by atoms with van der Waals surface area (Å²) in [6.45, 7) is 5.56. The Balaban J connectivity index is 1.33. The topological polar surface area (TPSA) is 161 Å². The van der Waals surface area contributed by atoms with Crippen molar-refractivity contribution < 1.29 is 24.2 Å². The van der Waals surface area contributed by atoms with Crippen LogP contribution in [0.4, 0.5) is 0 Å². The minimum Gasteiger partial charge on any atom is -0.497 e. The number of hydrogen-bond donors (Lipinski definition) is 5. The first kappa shape index (κ1) is 36.3. The summed E-state index contributed by atoms with van der Waals surface area (Å²) in [6.07, 6.45) is 5.79. The maximum absolute atomic E-state index is 13.0. The summed E-state index contributed by atoms with van der Waals surface area (Å²) >= 11 is 0. The number of hydrogen-bond acceptors (Lipinski definition) is 7. The summed E-state index contributed by atoms with van der Waals surface area (Å²) in [4.78, 5) is 42.1. The minimum atomic E-state index is -1.06. The van der Waals surface area contributed by atoms with E-state index in [1.54, 1.807) is 13.4 Å². The first-order valence-electron chi connectivity index (χ1n) is 16.1. The van der Waals surface area contributed by atoms with Crippen LogP contribution in [0.1, 0.15) is 69.2 Å². The van der Waals surface area contributed by atoms with Gasteiger partial charge >= 0.3 is 0 Å². The van der Waals surface area contributed by atoms with Gasteiger partial charge in [0.2, 0.25) is 17.7 Å². The molecule has 0 saturated carbocycles. The Morgan fingerprint density at radius 3 is 2.39 bits per heavy atom. The van der Waals surface area contributed by atoms with Crippen molar-refractivity contribution in [2.45, 2.75) is 90.1 Å². The van der Waals surface area contributed by atoms with Gasteiger partial charge < -0.3 is 36.1 Å². The third kappa shape index (κ3) is 13.4. The van der Waals surface area contributed by atoms with E-state index in [-0.39, 0.29) is 30.6 Å². The molecule has 0 aliphatic heterocycles. The molecule has 0 bridgehead atoms. The Kier molecular flexibility index (Phi) is 15.2. The molecule has 2 aromatic carbocycles. The number of benzene rings is 2. The van der Waals surface area contributed by atoms with Crippen LogP contribution in [0.5, 0.6) is 5.75 Å². The highest BCUT2D eigenvalue weighted by atomic mass is 16.5. The summed E-state index contributed by atoms with van der Waals surface area (Å²) in [5.41, 5.74) is 9.06. The fraction of sp³-hybridized carbons (Fsp3) is 0.486. The van der Waals surface area contributed by atoms with E-state index in [0.717, 1.165) is 29.7 Å². The van der Waals surface area contributed by atoms with Gasteiger partial charge in [0.1, 0.15) is 5.75 Å². The van der Waals surface area contributed by atoms with E-state index in [9.17, 15) is 19.5 Å². The van der Waals surface area contributed by atoms with E-state index in [4.69, 9.17) is 10.5 Å². The van der Waals surface area contributed by atoms with Crippen molar-refractivity contribution >= 4 is 17.7 Å². The summed E-state index contributed by atoms with van der Waals surface area (Å²) in [6, 6.07) is 16.1. The Bertz CT molecular complexity index is 1350. The Morgan fingerprint density at radius 1 is 0.957 bits per heavy atom. The van der Waals surface area contributed by atoms with E-state index in [2.05, 4.69) is 20.9 Å². The zero-order valence-corrected chi connectivity index (χ0v) is 27.3. The highest BCUT2D eigenvalue weighted by Gasteiger charge is 2.27. The van der Waals surface area contributed by atoms with Crippen molar-refractivity contribution in [2.75, 3.05) is 13.7 Å². The summed E-state index contributed by atoms with van der Waals surface area (Å²) in [5.74, 6) is 0.256. The van der Waals surface area contributed by atoms with Gasteiger partial charge in [0, 0.05) is 38.7 Å². The first-order chi connectivity index (χ1) is 22.1. The Hall–Kier alpha value is -4.22. The van der Waals surface area contributed by atoms with E-state index < -0.39 is 24.1 Å². The van der Waals surface area contributed by atoms with Crippen LogP contribution < -0.4 is 26.4 Å². The van der Waals surface area contributed by atoms with Gasteiger partial charge in [-0.25, -0.2) is 4.98 Å². The Labute approximate surface area is 272 Å². The molecule has 11 nitrogen and oxygen atoms in total. The molecule has 3 amide bonds. The van der Waals surface area contributed by atoms with Gasteiger partial charge in [-0.1, -0.05) is 62.7 Å². The predicted molar refractivity (Wildman–Crippen MR) is 178 cm³/mol. The SMILES string of the molecule is COc1ccc(CNC(=O)CCCCCNC(=O)C[C@H](O)[C@H](CC(C)C)NC(=O)[C@@H](N)Cc2cn(Cc3ccccc3)cn2)cc1. The number of imidazole rings is 1. The van der Waals surface area contributed by atoms with Gasteiger partial charge in [0.15, 0.2) is 0 Å². The molecule has 3 aromatic rings. The average Bonchev–Trinajstić information content (AvgIpc) is 3.47. The van der Waals surface area contributed by atoms with Crippen LogP contribution >= 0.6 is 0 Å². The van der Waals surface area contributed by atoms with Gasteiger partial charge in [0.25, 0.3) is 0 Å². The maximum atomic E-state index is 13.0. The Morgan fingerprint density at radius 2 is 1.70 bits per heavy atom. The van der Waals surface area contributed by atoms with Gasteiger partial charge in [-0.05, 0) is 48.4 Å². The lowest BCUT2D eigenvalue weighted by Gasteiger charge is -2.26. The summed E-state index contributed by atoms with van der Waals surface area (Å²) in [7, 11) is 1.61. The van der Waals surface area contributed by atoms with E-state index in [0.29, 0.717) is 44.6 Å². The molecule has 6 N–H and O–H groups in total. The molecule has 3 atom stereocenters. The lowest BCUT2D eigenvalue weighted by molar-refractivity contribution is -0.127. The quantitative estimate of drug-likeness (QED) is 0.119. The van der Waals surface area contributed by atoms with Crippen LogP contribution in [0.25, 0.3) is 0 Å². The first-order valence-corrected chi connectivity index (χ1v) is 16.1. The zero-order valence-electron chi connectivity index (χ0n) is 27.3. The zero-order chi connectivity index (χ0) is 33.3. The number of nitrogens with zero attached hydrogens (tertiary/aromatic N) is 2. The standard InChI is InChI=1S/C35H50N6O5/c1-25(2)18-31(40-35(45)30(36)19-28-23-41(24-39-28)22-27-10-6-4-7-11-27)32(42)20-34(44)37-17-9-5-8-12-33(43)38-21-26-13-15-29(46-3)16-14-26/h4,6-7,10-11,13-16,23-25,30-32,42H,5,8-9,12,17-22,36H2,1-3H3,(H,37,44)(H,38,43)(H,40,45)/t30-,31-,32-/m0/s1. The molecule has 0 spiro atoms. The normalized spacial score (nSPS) is 13.1. The number of aliphatic hydroxyl groups excluding tert-OH is 1. The monoisotopic (exact) mass is 634 g/mol. The third-order valence-electron chi connectivity index (χ3n) is 7.62. The van der Waals surface area contributed by atoms with Crippen molar-refractivity contribution in [3.05, 3.63) is 83.9 Å². The van der Waals surface area contributed by atoms with Crippen molar-refractivity contribution in [1.82, 2.24) is 25.5 Å². The molecular weight excluding hydrogens is 584 g/mol. The molecule has 0 aliphatic carbocycles.